The lowest BCUT2D eigenvalue weighted by molar-refractivity contribution is -0.126. The monoisotopic (exact) mass is 445 g/mol. The van der Waals surface area contributed by atoms with Crippen molar-refractivity contribution in [3.8, 4) is 0 Å². The van der Waals surface area contributed by atoms with Gasteiger partial charge in [0.05, 0.1) is 30.9 Å². The molecule has 8 heteroatoms. The number of hydrogen-bond donors (Lipinski definition) is 0. The summed E-state index contributed by atoms with van der Waals surface area (Å²) in [6, 6.07) is 20.0. The van der Waals surface area contributed by atoms with Gasteiger partial charge < -0.3 is 14.1 Å². The van der Waals surface area contributed by atoms with Crippen molar-refractivity contribution in [1.29, 1.82) is 0 Å². The van der Waals surface area contributed by atoms with Crippen LogP contribution < -0.4 is 14.9 Å². The van der Waals surface area contributed by atoms with E-state index < -0.39 is 18.1 Å². The van der Waals surface area contributed by atoms with Gasteiger partial charge >= 0.3 is 0 Å². The number of hydrogen-bond acceptors (Lipinski definition) is 7. The molecule has 3 fully saturated rings. The molecule has 4 heterocycles. The molecule has 3 atom stereocenters. The van der Waals surface area contributed by atoms with Crippen molar-refractivity contribution in [1.82, 2.24) is 0 Å². The fourth-order valence-electron chi connectivity index (χ4n) is 4.85. The molecule has 0 saturated carbocycles. The Morgan fingerprint density at radius 1 is 0.758 bits per heavy atom. The van der Waals surface area contributed by atoms with Gasteiger partial charge in [0.25, 0.3) is 5.91 Å². The van der Waals surface area contributed by atoms with E-state index in [1.807, 2.05) is 60.7 Å². The highest BCUT2D eigenvalue weighted by atomic mass is 16.7. The molecule has 3 aromatic rings. The van der Waals surface area contributed by atoms with Crippen LogP contribution in [0.15, 0.2) is 77.4 Å². The molecule has 2 amide bonds. The zero-order chi connectivity index (χ0) is 22.4. The first-order valence-corrected chi connectivity index (χ1v) is 11.1. The number of para-hydroxylation sites is 1. The molecule has 0 aliphatic carbocycles. The molecule has 168 valence electrons. The second-order valence-electron chi connectivity index (χ2n) is 8.30. The molecular formula is C25H23N3O5. The number of carbonyl (C=O) groups excluding carboxylic acids is 2. The maximum atomic E-state index is 13.6. The summed E-state index contributed by atoms with van der Waals surface area (Å²) in [6.45, 7) is 3.02. The highest BCUT2D eigenvalue weighted by Gasteiger charge is 2.61. The molecule has 0 spiro atoms. The van der Waals surface area contributed by atoms with Gasteiger partial charge in [-0.15, -0.1) is 0 Å². The number of furan rings is 1. The number of nitrogens with zero attached hydrogens (tertiary/aromatic N) is 3. The molecule has 3 saturated heterocycles. The highest BCUT2D eigenvalue weighted by Crippen LogP contribution is 2.47. The van der Waals surface area contributed by atoms with Crippen LogP contribution in [-0.2, 0) is 19.2 Å². The number of rotatable bonds is 4. The maximum Gasteiger partial charge on any atom is 0.266 e. The van der Waals surface area contributed by atoms with E-state index in [9.17, 15) is 9.59 Å². The molecule has 2 aromatic carbocycles. The maximum absolute atomic E-state index is 13.6. The van der Waals surface area contributed by atoms with E-state index in [-0.39, 0.29) is 11.8 Å². The molecule has 8 nitrogen and oxygen atoms in total. The third-order valence-electron chi connectivity index (χ3n) is 6.44. The number of fused-ring (bicyclic) bond motifs is 1. The Labute approximate surface area is 190 Å². The van der Waals surface area contributed by atoms with Gasteiger partial charge in [-0.3, -0.25) is 14.4 Å². The molecule has 0 bridgehead atoms. The Morgan fingerprint density at radius 3 is 2.18 bits per heavy atom. The van der Waals surface area contributed by atoms with Gasteiger partial charge in [-0.1, -0.05) is 18.2 Å². The number of imide groups is 1. The first-order valence-electron chi connectivity index (χ1n) is 11.1. The van der Waals surface area contributed by atoms with Crippen LogP contribution in [0, 0.1) is 5.92 Å². The van der Waals surface area contributed by atoms with Gasteiger partial charge in [0.2, 0.25) is 5.91 Å². The van der Waals surface area contributed by atoms with E-state index in [4.69, 9.17) is 14.0 Å². The summed E-state index contributed by atoms with van der Waals surface area (Å²) in [5.41, 5.74) is 2.35. The van der Waals surface area contributed by atoms with Crippen LogP contribution in [0.5, 0.6) is 0 Å². The standard InChI is InChI=1S/C25H23N3O5/c29-24-21-22(20-7-4-14-32-20)28(19-5-2-1-3-6-19)33-23(21)25(30)27(24)18-10-8-17(9-11-18)26-12-15-31-16-13-26/h1-11,14,21-23H,12-13,15-16H2. The third kappa shape index (κ3) is 3.30. The summed E-state index contributed by atoms with van der Waals surface area (Å²) in [5.74, 6) is -0.775. The van der Waals surface area contributed by atoms with Crippen molar-refractivity contribution in [2.75, 3.05) is 41.2 Å². The van der Waals surface area contributed by atoms with Gasteiger partial charge in [0, 0.05) is 18.8 Å². The van der Waals surface area contributed by atoms with Crippen molar-refractivity contribution in [2.24, 2.45) is 5.92 Å². The van der Waals surface area contributed by atoms with Crippen molar-refractivity contribution < 1.29 is 23.6 Å². The summed E-state index contributed by atoms with van der Waals surface area (Å²) < 4.78 is 11.1. The number of anilines is 3. The van der Waals surface area contributed by atoms with Crippen molar-refractivity contribution in [2.45, 2.75) is 12.1 Å². The number of morpholine rings is 1. The van der Waals surface area contributed by atoms with Gasteiger partial charge in [0.15, 0.2) is 6.10 Å². The minimum Gasteiger partial charge on any atom is -0.467 e. The smallest absolute Gasteiger partial charge is 0.266 e. The predicted octanol–water partition coefficient (Wildman–Crippen LogP) is 3.17. The molecule has 0 N–H and O–H groups in total. The fraction of sp³-hybridized carbons (Fsp3) is 0.280. The lowest BCUT2D eigenvalue weighted by Gasteiger charge is -2.29. The Kier molecular flexibility index (Phi) is 4.89. The van der Waals surface area contributed by atoms with Crippen LogP contribution in [0.1, 0.15) is 11.8 Å². The first kappa shape index (κ1) is 20.0. The summed E-state index contributed by atoms with van der Waals surface area (Å²) in [5, 5.41) is 1.63. The molecule has 3 unspecified atom stereocenters. The molecule has 3 aliphatic rings. The van der Waals surface area contributed by atoms with Crippen molar-refractivity contribution in [3.05, 3.63) is 78.8 Å². The normalized spacial score (nSPS) is 25.1. The van der Waals surface area contributed by atoms with Gasteiger partial charge in [-0.05, 0) is 48.5 Å². The SMILES string of the molecule is O=C1C2ON(c3ccccc3)C(c3ccco3)C2C(=O)N1c1ccc(N2CCOCC2)cc1. The van der Waals surface area contributed by atoms with Crippen LogP contribution in [0.4, 0.5) is 17.1 Å². The number of carbonyl (C=O) groups is 2. The van der Waals surface area contributed by atoms with E-state index in [0.29, 0.717) is 24.7 Å². The van der Waals surface area contributed by atoms with Crippen molar-refractivity contribution >= 4 is 28.9 Å². The predicted molar refractivity (Wildman–Crippen MR) is 121 cm³/mol. The molecule has 6 rings (SSSR count). The van der Waals surface area contributed by atoms with E-state index in [2.05, 4.69) is 4.90 Å². The molecular weight excluding hydrogens is 422 g/mol. The number of hydroxylamine groups is 1. The number of amides is 2. The Bertz CT molecular complexity index is 1140. The molecule has 1 aromatic heterocycles. The zero-order valence-corrected chi connectivity index (χ0v) is 17.9. The number of benzene rings is 2. The van der Waals surface area contributed by atoms with Gasteiger partial charge in [-0.25, -0.2) is 9.96 Å². The minimum absolute atomic E-state index is 0.288. The second kappa shape index (κ2) is 8.06. The minimum atomic E-state index is -0.910. The van der Waals surface area contributed by atoms with Crippen LogP contribution >= 0.6 is 0 Å². The Hall–Kier alpha value is -3.62. The topological polar surface area (TPSA) is 75.5 Å². The summed E-state index contributed by atoms with van der Waals surface area (Å²) in [7, 11) is 0. The molecule has 33 heavy (non-hydrogen) atoms. The first-order chi connectivity index (χ1) is 16.2. The molecule has 0 radical (unpaired) electrons. The average Bonchev–Trinajstić information content (AvgIpc) is 3.58. The van der Waals surface area contributed by atoms with Crippen LogP contribution in [-0.4, -0.2) is 44.2 Å². The number of ether oxygens (including phenoxy) is 1. The van der Waals surface area contributed by atoms with Gasteiger partial charge in [0.1, 0.15) is 17.7 Å². The van der Waals surface area contributed by atoms with Crippen LogP contribution in [0.3, 0.4) is 0 Å². The van der Waals surface area contributed by atoms with Crippen LogP contribution in [0.2, 0.25) is 0 Å². The highest BCUT2D eigenvalue weighted by molar-refractivity contribution is 6.23. The van der Waals surface area contributed by atoms with E-state index in [1.165, 1.54) is 4.90 Å². The van der Waals surface area contributed by atoms with Crippen LogP contribution in [0.25, 0.3) is 0 Å². The van der Waals surface area contributed by atoms with E-state index >= 15 is 0 Å². The van der Waals surface area contributed by atoms with Crippen molar-refractivity contribution in [3.63, 3.8) is 0 Å². The third-order valence-corrected chi connectivity index (χ3v) is 6.44. The largest absolute Gasteiger partial charge is 0.467 e. The summed E-state index contributed by atoms with van der Waals surface area (Å²) >= 11 is 0. The lowest BCUT2D eigenvalue weighted by atomic mass is 9.94. The quantitative estimate of drug-likeness (QED) is 0.571. The Balaban J connectivity index is 1.31. The van der Waals surface area contributed by atoms with E-state index in [0.717, 1.165) is 24.5 Å². The zero-order valence-electron chi connectivity index (χ0n) is 17.9. The van der Waals surface area contributed by atoms with E-state index in [1.54, 1.807) is 17.4 Å². The fourth-order valence-corrected chi connectivity index (χ4v) is 4.85. The second-order valence-corrected chi connectivity index (χ2v) is 8.30. The average molecular weight is 445 g/mol. The van der Waals surface area contributed by atoms with Gasteiger partial charge in [-0.2, -0.15) is 0 Å². The molecule has 3 aliphatic heterocycles. The summed E-state index contributed by atoms with van der Waals surface area (Å²) in [6.07, 6.45) is 0.654. The summed E-state index contributed by atoms with van der Waals surface area (Å²) in [4.78, 5) is 36.5. The Morgan fingerprint density at radius 2 is 1.48 bits per heavy atom. The lowest BCUT2D eigenvalue weighted by Crippen LogP contribution is -2.37.